The fourth-order valence-electron chi connectivity index (χ4n) is 0.328. The second kappa shape index (κ2) is 3.02. The van der Waals surface area contributed by atoms with Crippen molar-refractivity contribution in [2.75, 3.05) is 6.61 Å². The van der Waals surface area contributed by atoms with Crippen molar-refractivity contribution in [1.29, 1.82) is 0 Å². The molecule has 0 amide bonds. The van der Waals surface area contributed by atoms with Gasteiger partial charge in [-0.1, -0.05) is 0 Å². The smallest absolute Gasteiger partial charge is 0.0859 e. The zero-order valence-electron chi connectivity index (χ0n) is 5.35. The van der Waals surface area contributed by atoms with Gasteiger partial charge >= 0.3 is 0 Å². The van der Waals surface area contributed by atoms with Crippen molar-refractivity contribution in [3.63, 3.8) is 0 Å². The third-order valence-corrected chi connectivity index (χ3v) is 1.03. The van der Waals surface area contributed by atoms with Crippen LogP contribution in [0.3, 0.4) is 0 Å². The van der Waals surface area contributed by atoms with E-state index in [0.717, 1.165) is 0 Å². The lowest BCUT2D eigenvalue weighted by atomic mass is 10.1. The van der Waals surface area contributed by atoms with E-state index in [1.54, 1.807) is 0 Å². The lowest BCUT2D eigenvalue weighted by Crippen LogP contribution is -2.28. The van der Waals surface area contributed by atoms with E-state index in [9.17, 15) is 0 Å². The normalized spacial score (nSPS) is 12.0. The first-order chi connectivity index (χ1) is 3.62. The number of hydrogen-bond donors (Lipinski definition) is 2. The Balaban J connectivity index is 3.37. The molecule has 3 heteroatoms. The van der Waals surface area contributed by atoms with E-state index >= 15 is 0 Å². The van der Waals surface area contributed by atoms with Crippen molar-refractivity contribution in [3.05, 3.63) is 0 Å². The van der Waals surface area contributed by atoms with Gasteiger partial charge in [0.15, 0.2) is 0 Å². The zero-order valence-corrected chi connectivity index (χ0v) is 5.35. The van der Waals surface area contributed by atoms with E-state index in [1.165, 1.54) is 0 Å². The van der Waals surface area contributed by atoms with Crippen LogP contribution >= 0.6 is 0 Å². The van der Waals surface area contributed by atoms with E-state index in [-0.39, 0.29) is 12.2 Å². The van der Waals surface area contributed by atoms with Crippen LogP contribution in [0.1, 0.15) is 20.3 Å². The van der Waals surface area contributed by atoms with Gasteiger partial charge in [0.2, 0.25) is 0 Å². The van der Waals surface area contributed by atoms with E-state index in [4.69, 9.17) is 11.0 Å². The van der Waals surface area contributed by atoms with Crippen LogP contribution < -0.4 is 5.90 Å². The summed E-state index contributed by atoms with van der Waals surface area (Å²) in [4.78, 5) is 4.52. The molecule has 0 rings (SSSR count). The van der Waals surface area contributed by atoms with Crippen LogP contribution in [-0.4, -0.2) is 17.3 Å². The van der Waals surface area contributed by atoms with Crippen LogP contribution in [0.4, 0.5) is 0 Å². The molecule has 0 radical (unpaired) electrons. The molecule has 0 aliphatic rings. The fourth-order valence-corrected chi connectivity index (χ4v) is 0.328. The third-order valence-electron chi connectivity index (χ3n) is 1.03. The second-order valence-electron chi connectivity index (χ2n) is 2.35. The summed E-state index contributed by atoms with van der Waals surface area (Å²) in [5.41, 5.74) is -0.380. The van der Waals surface area contributed by atoms with Gasteiger partial charge in [0.1, 0.15) is 0 Å². The molecule has 0 unspecified atom stereocenters. The van der Waals surface area contributed by atoms with Crippen molar-refractivity contribution in [1.82, 2.24) is 0 Å². The molecule has 3 N–H and O–H groups in total. The molecule has 0 saturated carbocycles. The molecule has 0 aromatic heterocycles. The van der Waals surface area contributed by atoms with Gasteiger partial charge in [0.25, 0.3) is 0 Å². The van der Waals surface area contributed by atoms with Crippen LogP contribution in [0.2, 0.25) is 0 Å². The minimum atomic E-state index is -0.380. The molecular weight excluding hydrogens is 106 g/mol. The highest BCUT2D eigenvalue weighted by Crippen LogP contribution is 2.09. The van der Waals surface area contributed by atoms with E-state index in [1.807, 2.05) is 13.8 Å². The molecule has 50 valence electrons. The average Bonchev–Trinajstić information content (AvgIpc) is 1.67. The summed E-state index contributed by atoms with van der Waals surface area (Å²) in [5, 5.41) is 8.40. The molecule has 0 aliphatic carbocycles. The predicted molar refractivity (Wildman–Crippen MR) is 31.1 cm³/mol. The molecule has 0 aromatic carbocycles. The Hall–Kier alpha value is -0.120. The molecule has 0 aromatic rings. The van der Waals surface area contributed by atoms with Crippen molar-refractivity contribution in [3.8, 4) is 0 Å². The van der Waals surface area contributed by atoms with Crippen LogP contribution in [-0.2, 0) is 4.84 Å². The number of aliphatic hydroxyl groups is 1. The lowest BCUT2D eigenvalue weighted by molar-refractivity contribution is -0.0345. The van der Waals surface area contributed by atoms with E-state index in [2.05, 4.69) is 4.84 Å². The molecule has 0 aliphatic heterocycles. The Kier molecular flexibility index (Phi) is 2.97. The summed E-state index contributed by atoms with van der Waals surface area (Å²) < 4.78 is 0. The quantitative estimate of drug-likeness (QED) is 0.516. The highest BCUT2D eigenvalue weighted by molar-refractivity contribution is 4.64. The molecule has 0 saturated heterocycles. The topological polar surface area (TPSA) is 55.5 Å². The van der Waals surface area contributed by atoms with Gasteiger partial charge in [0, 0.05) is 13.0 Å². The number of rotatable bonds is 3. The van der Waals surface area contributed by atoms with Crippen LogP contribution in [0.25, 0.3) is 0 Å². The molecule has 0 fully saturated rings. The standard InChI is InChI=1S/C5H13NO2/c1-5(2,8-6)3-4-7/h7H,3-4,6H2,1-2H3. The molecule has 0 bridgehead atoms. The van der Waals surface area contributed by atoms with Gasteiger partial charge in [-0.15, -0.1) is 0 Å². The van der Waals surface area contributed by atoms with Crippen LogP contribution in [0.15, 0.2) is 0 Å². The summed E-state index contributed by atoms with van der Waals surface area (Å²) in [6.45, 7) is 3.76. The number of aliphatic hydroxyl groups excluding tert-OH is 1. The third kappa shape index (κ3) is 2.96. The zero-order chi connectivity index (χ0) is 6.62. The Bertz CT molecular complexity index is 63.4. The van der Waals surface area contributed by atoms with Crippen LogP contribution in [0.5, 0.6) is 0 Å². The highest BCUT2D eigenvalue weighted by atomic mass is 16.6. The number of nitrogens with two attached hydrogens (primary N) is 1. The summed E-state index contributed by atoms with van der Waals surface area (Å²) in [6, 6.07) is 0. The Morgan fingerprint density at radius 2 is 2.12 bits per heavy atom. The Labute approximate surface area is 49.4 Å². The molecule has 3 nitrogen and oxygen atoms in total. The first-order valence-electron chi connectivity index (χ1n) is 2.61. The van der Waals surface area contributed by atoms with Crippen molar-refractivity contribution in [2.24, 2.45) is 5.90 Å². The lowest BCUT2D eigenvalue weighted by Gasteiger charge is -2.19. The summed E-state index contributed by atoms with van der Waals surface area (Å²) in [5.74, 6) is 4.88. The number of hydrogen-bond acceptors (Lipinski definition) is 3. The van der Waals surface area contributed by atoms with E-state index < -0.39 is 0 Å². The van der Waals surface area contributed by atoms with Gasteiger partial charge in [-0.3, -0.25) is 4.84 Å². The Morgan fingerprint density at radius 3 is 2.25 bits per heavy atom. The molecule has 0 spiro atoms. The summed E-state index contributed by atoms with van der Waals surface area (Å²) in [7, 11) is 0. The summed E-state index contributed by atoms with van der Waals surface area (Å²) >= 11 is 0. The molecule has 8 heavy (non-hydrogen) atoms. The van der Waals surface area contributed by atoms with Crippen LogP contribution in [0, 0.1) is 0 Å². The Morgan fingerprint density at radius 1 is 1.62 bits per heavy atom. The maximum Gasteiger partial charge on any atom is 0.0859 e. The van der Waals surface area contributed by atoms with Crippen molar-refractivity contribution in [2.45, 2.75) is 25.9 Å². The maximum absolute atomic E-state index is 8.40. The predicted octanol–water partition coefficient (Wildman–Crippen LogP) is 0.0377. The van der Waals surface area contributed by atoms with Crippen molar-refractivity contribution < 1.29 is 9.94 Å². The molecule has 0 heterocycles. The summed E-state index contributed by atoms with van der Waals surface area (Å²) in [6.07, 6.45) is 0.573. The van der Waals surface area contributed by atoms with Gasteiger partial charge in [-0.2, -0.15) is 0 Å². The van der Waals surface area contributed by atoms with E-state index in [0.29, 0.717) is 6.42 Å². The minimum absolute atomic E-state index is 0.115. The first kappa shape index (κ1) is 7.88. The minimum Gasteiger partial charge on any atom is -0.396 e. The SMILES string of the molecule is CC(C)(CCO)ON. The van der Waals surface area contributed by atoms with Gasteiger partial charge in [0.05, 0.1) is 5.60 Å². The molecule has 0 atom stereocenters. The fraction of sp³-hybridized carbons (Fsp3) is 1.00. The average molecular weight is 119 g/mol. The van der Waals surface area contributed by atoms with Gasteiger partial charge in [-0.25, -0.2) is 5.90 Å². The highest BCUT2D eigenvalue weighted by Gasteiger charge is 2.15. The second-order valence-corrected chi connectivity index (χ2v) is 2.35. The first-order valence-corrected chi connectivity index (χ1v) is 2.61. The monoisotopic (exact) mass is 119 g/mol. The maximum atomic E-state index is 8.40. The largest absolute Gasteiger partial charge is 0.396 e. The van der Waals surface area contributed by atoms with Gasteiger partial charge < -0.3 is 5.11 Å². The van der Waals surface area contributed by atoms with Crippen molar-refractivity contribution >= 4 is 0 Å². The molecular formula is C5H13NO2. The van der Waals surface area contributed by atoms with Gasteiger partial charge in [-0.05, 0) is 13.8 Å².